The van der Waals surface area contributed by atoms with E-state index in [2.05, 4.69) is 20.8 Å². The third-order valence-corrected chi connectivity index (χ3v) is 6.08. The van der Waals surface area contributed by atoms with Crippen molar-refractivity contribution in [3.63, 3.8) is 0 Å². The van der Waals surface area contributed by atoms with E-state index in [9.17, 15) is 9.59 Å². The number of carbonyl (C=O) groups is 2. The van der Waals surface area contributed by atoms with Gasteiger partial charge in [0.1, 0.15) is 11.9 Å². The monoisotopic (exact) mass is 488 g/mol. The molecule has 1 heterocycles. The number of amidine groups is 1. The summed E-state index contributed by atoms with van der Waals surface area (Å²) in [7, 11) is 1.57. The van der Waals surface area contributed by atoms with Crippen LogP contribution in [0.4, 0.5) is 5.69 Å². The van der Waals surface area contributed by atoms with Crippen LogP contribution >= 0.6 is 11.8 Å². The molecule has 0 saturated carbocycles. The second kappa shape index (κ2) is 11.8. The SMILES string of the molecule is COc1cccc(C=N/N=C2\NC(=O)C(CC(=O)Nc3ccccc3)S2)c1OCc1ccccc1. The fourth-order valence-electron chi connectivity index (χ4n) is 3.31. The molecule has 178 valence electrons. The van der Waals surface area contributed by atoms with Crippen molar-refractivity contribution in [3.8, 4) is 11.5 Å². The maximum Gasteiger partial charge on any atom is 0.240 e. The molecule has 1 aliphatic rings. The summed E-state index contributed by atoms with van der Waals surface area (Å²) in [6.07, 6.45) is 1.57. The number of nitrogens with one attached hydrogen (secondary N) is 2. The Hall–Kier alpha value is -4.11. The van der Waals surface area contributed by atoms with E-state index in [0.29, 0.717) is 34.5 Å². The van der Waals surface area contributed by atoms with Gasteiger partial charge < -0.3 is 20.1 Å². The lowest BCUT2D eigenvalue weighted by molar-refractivity contribution is -0.122. The zero-order chi connectivity index (χ0) is 24.5. The summed E-state index contributed by atoms with van der Waals surface area (Å²) in [6, 6.07) is 24.4. The average Bonchev–Trinajstić information content (AvgIpc) is 3.22. The van der Waals surface area contributed by atoms with Gasteiger partial charge in [0.15, 0.2) is 16.7 Å². The number of nitrogens with zero attached hydrogens (tertiary/aromatic N) is 2. The van der Waals surface area contributed by atoms with Gasteiger partial charge in [-0.15, -0.1) is 5.10 Å². The summed E-state index contributed by atoms with van der Waals surface area (Å²) in [5, 5.41) is 13.4. The third-order valence-electron chi connectivity index (χ3n) is 5.01. The fourth-order valence-corrected chi connectivity index (χ4v) is 4.24. The van der Waals surface area contributed by atoms with Crippen molar-refractivity contribution in [2.45, 2.75) is 18.3 Å². The van der Waals surface area contributed by atoms with Crippen molar-refractivity contribution in [1.82, 2.24) is 5.32 Å². The molecule has 35 heavy (non-hydrogen) atoms. The Bertz CT molecular complexity index is 1230. The highest BCUT2D eigenvalue weighted by atomic mass is 32.2. The summed E-state index contributed by atoms with van der Waals surface area (Å²) in [4.78, 5) is 24.6. The van der Waals surface area contributed by atoms with Gasteiger partial charge in [-0.1, -0.05) is 66.4 Å². The van der Waals surface area contributed by atoms with Crippen molar-refractivity contribution >= 4 is 40.6 Å². The Morgan fingerprint density at radius 1 is 1.06 bits per heavy atom. The van der Waals surface area contributed by atoms with Crippen LogP contribution in [0.1, 0.15) is 17.5 Å². The molecule has 0 bridgehead atoms. The summed E-state index contributed by atoms with van der Waals surface area (Å²) < 4.78 is 11.5. The van der Waals surface area contributed by atoms with Gasteiger partial charge in [-0.2, -0.15) is 5.10 Å². The average molecular weight is 489 g/mol. The molecule has 0 radical (unpaired) electrons. The summed E-state index contributed by atoms with van der Waals surface area (Å²) in [5.74, 6) is 0.595. The molecule has 1 unspecified atom stereocenters. The molecule has 2 N–H and O–H groups in total. The van der Waals surface area contributed by atoms with Gasteiger partial charge in [0.25, 0.3) is 0 Å². The number of rotatable bonds is 9. The van der Waals surface area contributed by atoms with E-state index >= 15 is 0 Å². The number of methoxy groups -OCH3 is 1. The molecule has 1 aliphatic heterocycles. The Labute approximate surface area is 207 Å². The fraction of sp³-hybridized carbons (Fsp3) is 0.154. The van der Waals surface area contributed by atoms with Crippen LogP contribution in [0.5, 0.6) is 11.5 Å². The maximum atomic E-state index is 12.3. The minimum Gasteiger partial charge on any atom is -0.493 e. The Kier molecular flexibility index (Phi) is 8.13. The predicted octanol–water partition coefficient (Wildman–Crippen LogP) is 4.22. The quantitative estimate of drug-likeness (QED) is 0.347. The first-order chi connectivity index (χ1) is 17.1. The van der Waals surface area contributed by atoms with Crippen LogP contribution in [0.2, 0.25) is 0 Å². The number of carbonyl (C=O) groups excluding carboxylic acids is 2. The van der Waals surface area contributed by atoms with Crippen molar-refractivity contribution < 1.29 is 19.1 Å². The van der Waals surface area contributed by atoms with E-state index in [1.807, 2.05) is 66.7 Å². The maximum absolute atomic E-state index is 12.3. The van der Waals surface area contributed by atoms with Gasteiger partial charge in [0, 0.05) is 17.7 Å². The van der Waals surface area contributed by atoms with Crippen molar-refractivity contribution in [1.29, 1.82) is 0 Å². The minimum absolute atomic E-state index is 0.0293. The zero-order valence-corrected chi connectivity index (χ0v) is 19.8. The van der Waals surface area contributed by atoms with Crippen LogP contribution in [0.25, 0.3) is 0 Å². The molecular formula is C26H24N4O4S. The van der Waals surface area contributed by atoms with Crippen LogP contribution in [0, 0.1) is 0 Å². The molecule has 9 heteroatoms. The predicted molar refractivity (Wildman–Crippen MR) is 138 cm³/mol. The van der Waals surface area contributed by atoms with Crippen LogP contribution in [-0.2, 0) is 16.2 Å². The minimum atomic E-state index is -0.575. The Morgan fingerprint density at radius 3 is 2.54 bits per heavy atom. The van der Waals surface area contributed by atoms with Crippen LogP contribution < -0.4 is 20.1 Å². The van der Waals surface area contributed by atoms with E-state index < -0.39 is 5.25 Å². The normalized spacial score (nSPS) is 16.3. The molecule has 1 fully saturated rings. The zero-order valence-electron chi connectivity index (χ0n) is 19.0. The van der Waals surface area contributed by atoms with E-state index in [0.717, 1.165) is 5.56 Å². The first kappa shape index (κ1) is 24.0. The van der Waals surface area contributed by atoms with Gasteiger partial charge in [-0.3, -0.25) is 9.59 Å². The highest BCUT2D eigenvalue weighted by molar-refractivity contribution is 8.15. The number of amides is 2. The van der Waals surface area contributed by atoms with Crippen LogP contribution in [0.15, 0.2) is 89.1 Å². The lowest BCUT2D eigenvalue weighted by Crippen LogP contribution is -2.28. The Morgan fingerprint density at radius 2 is 1.80 bits per heavy atom. The van der Waals surface area contributed by atoms with Gasteiger partial charge in [0.05, 0.1) is 13.3 Å². The highest BCUT2D eigenvalue weighted by Crippen LogP contribution is 2.31. The largest absolute Gasteiger partial charge is 0.493 e. The standard InChI is InChI=1S/C26H24N4O4S/c1-33-21-14-8-11-19(24(21)34-17-18-9-4-2-5-10-18)16-27-30-26-29-25(32)22(35-26)15-23(31)28-20-12-6-3-7-13-20/h2-14,16,22H,15,17H2,1H3,(H,28,31)(H,29,30,32). The van der Waals surface area contributed by atoms with Gasteiger partial charge in [-0.25, -0.2) is 0 Å². The second-order valence-electron chi connectivity index (χ2n) is 7.52. The topological polar surface area (TPSA) is 101 Å². The molecular weight excluding hydrogens is 464 g/mol. The molecule has 0 spiro atoms. The third kappa shape index (κ3) is 6.70. The molecule has 1 saturated heterocycles. The van der Waals surface area contributed by atoms with E-state index in [-0.39, 0.29) is 18.2 Å². The number of ether oxygens (including phenoxy) is 2. The molecule has 0 aromatic heterocycles. The Balaban J connectivity index is 1.39. The molecule has 3 aromatic rings. The number of benzene rings is 3. The number of thioether (sulfide) groups is 1. The molecule has 3 aromatic carbocycles. The van der Waals surface area contributed by atoms with Crippen molar-refractivity contribution in [2.24, 2.45) is 10.2 Å². The summed E-state index contributed by atoms with van der Waals surface area (Å²) in [5.41, 5.74) is 2.38. The number of hydrogen-bond donors (Lipinski definition) is 2. The summed E-state index contributed by atoms with van der Waals surface area (Å²) >= 11 is 1.17. The van der Waals surface area contributed by atoms with Gasteiger partial charge in [0.2, 0.25) is 11.8 Å². The van der Waals surface area contributed by atoms with Crippen molar-refractivity contribution in [2.75, 3.05) is 12.4 Å². The van der Waals surface area contributed by atoms with Gasteiger partial charge in [-0.05, 0) is 29.8 Å². The lowest BCUT2D eigenvalue weighted by Gasteiger charge is -2.13. The van der Waals surface area contributed by atoms with Crippen molar-refractivity contribution in [3.05, 3.63) is 90.0 Å². The second-order valence-corrected chi connectivity index (χ2v) is 8.71. The lowest BCUT2D eigenvalue weighted by atomic mass is 10.2. The molecule has 0 aliphatic carbocycles. The molecule has 4 rings (SSSR count). The number of hydrogen-bond acceptors (Lipinski definition) is 7. The first-order valence-electron chi connectivity index (χ1n) is 10.9. The molecule has 1 atom stereocenters. The number of anilines is 1. The van der Waals surface area contributed by atoms with E-state index in [1.54, 1.807) is 19.2 Å². The first-order valence-corrected chi connectivity index (χ1v) is 11.8. The van der Waals surface area contributed by atoms with Crippen LogP contribution in [-0.4, -0.2) is 35.6 Å². The summed E-state index contributed by atoms with van der Waals surface area (Å²) in [6.45, 7) is 0.370. The van der Waals surface area contributed by atoms with Gasteiger partial charge >= 0.3 is 0 Å². The van der Waals surface area contributed by atoms with E-state index in [1.165, 1.54) is 18.0 Å². The van der Waals surface area contributed by atoms with Crippen LogP contribution in [0.3, 0.4) is 0 Å². The van der Waals surface area contributed by atoms with E-state index in [4.69, 9.17) is 9.47 Å². The highest BCUT2D eigenvalue weighted by Gasteiger charge is 2.32. The molecule has 2 amide bonds. The smallest absolute Gasteiger partial charge is 0.240 e. The molecule has 8 nitrogen and oxygen atoms in total. The number of para-hydroxylation sites is 2.